The van der Waals surface area contributed by atoms with Crippen LogP contribution in [0.3, 0.4) is 0 Å². The fourth-order valence-electron chi connectivity index (χ4n) is 8.88. The first kappa shape index (κ1) is 53.5. The molecule has 11 rings (SSSR count). The maximum Gasteiger partial charge on any atom is 0.219 e. The first-order chi connectivity index (χ1) is 37.6. The molecule has 4 N–H and O–H groups in total. The largest absolute Gasteiger partial charge is 0.744 e. The Morgan fingerprint density at radius 3 is 0.769 bits per heavy atom. The van der Waals surface area contributed by atoms with Crippen LogP contribution < -0.4 is 20.6 Å². The summed E-state index contributed by atoms with van der Waals surface area (Å²) in [5.74, 6) is 0. The zero-order valence-corrected chi connectivity index (χ0v) is 44.4. The summed E-state index contributed by atoms with van der Waals surface area (Å²) in [5, 5.41) is 0. The van der Waals surface area contributed by atoms with Crippen molar-refractivity contribution in [2.45, 2.75) is 23.6 Å². The second-order valence-electron chi connectivity index (χ2n) is 18.5. The van der Waals surface area contributed by atoms with Gasteiger partial charge in [-0.2, -0.15) is 9.13 Å². The standard InChI is InChI=1S/C52H39N4.2C7H8O3S/c53-45-25-29-47(30-26-45)55-49(39-13-5-1-6-14-39)33-43(34-50(55)40-15-7-2-8-16-40)37-21-23-38(24-22-37)44-35-51(41-17-9-3-10-18-41)56(48-31-27-46(54)28-32-48)52(36-44)42-19-11-4-12-20-42;2*1-6-2-4-7(5-3-6)11(8,9)10/h1-36,53H,54H2;2*2-5H,1H3,(H,8,9,10)/q+1;;/p-1. The van der Waals surface area contributed by atoms with Crippen LogP contribution in [0.5, 0.6) is 0 Å². The average molecular weight is 1060 g/mol. The van der Waals surface area contributed by atoms with Gasteiger partial charge in [0.05, 0.1) is 9.79 Å². The van der Waals surface area contributed by atoms with Crippen LogP contribution in [0.2, 0.25) is 0 Å². The quantitative estimate of drug-likeness (QED) is 0.0773. The van der Waals surface area contributed by atoms with Crippen molar-refractivity contribution >= 4 is 31.6 Å². The zero-order valence-electron chi connectivity index (χ0n) is 42.7. The van der Waals surface area contributed by atoms with Crippen LogP contribution in [0.25, 0.3) is 78.7 Å². The minimum atomic E-state index is -4.27. The van der Waals surface area contributed by atoms with Gasteiger partial charge in [0.25, 0.3) is 0 Å². The van der Waals surface area contributed by atoms with Gasteiger partial charge < -0.3 is 20.6 Å². The number of pyridine rings is 2. The third-order valence-corrected chi connectivity index (χ3v) is 14.6. The highest BCUT2D eigenvalue weighted by atomic mass is 32.2. The molecule has 0 fully saturated rings. The van der Waals surface area contributed by atoms with Crippen molar-refractivity contribution in [1.29, 1.82) is 0 Å². The van der Waals surface area contributed by atoms with Crippen molar-refractivity contribution in [2.75, 3.05) is 11.5 Å². The summed E-state index contributed by atoms with van der Waals surface area (Å²) in [6.07, 6.45) is 0. The van der Waals surface area contributed by atoms with E-state index in [1.54, 1.807) is 24.3 Å². The van der Waals surface area contributed by atoms with Gasteiger partial charge in [0.15, 0.2) is 0 Å². The molecule has 0 atom stereocenters. The molecule has 78 heavy (non-hydrogen) atoms. The molecule has 0 bridgehead atoms. The Hall–Kier alpha value is -9.30. The predicted octanol–water partition coefficient (Wildman–Crippen LogP) is 13.2. The molecule has 2 heterocycles. The van der Waals surface area contributed by atoms with Crippen LogP contribution in [0, 0.1) is 13.8 Å². The first-order valence-electron chi connectivity index (χ1n) is 24.9. The van der Waals surface area contributed by atoms with Crippen molar-refractivity contribution in [1.82, 2.24) is 0 Å². The van der Waals surface area contributed by atoms with Gasteiger partial charge in [-0.05, 0) is 133 Å². The number of nitrogens with zero attached hydrogens (tertiary/aromatic N) is 2. The summed E-state index contributed by atoms with van der Waals surface area (Å²) in [6, 6.07) is 88.3. The van der Waals surface area contributed by atoms with E-state index in [0.717, 1.165) is 101 Å². The summed E-state index contributed by atoms with van der Waals surface area (Å²) >= 11 is 0. The van der Waals surface area contributed by atoms with E-state index >= 15 is 0 Å². The summed E-state index contributed by atoms with van der Waals surface area (Å²) < 4.78 is 67.0. The number of hydrogen-bond acceptors (Lipinski definition) is 8. The predicted molar refractivity (Wildman–Crippen MR) is 309 cm³/mol. The molecule has 0 unspecified atom stereocenters. The van der Waals surface area contributed by atoms with Crippen molar-refractivity contribution in [3.8, 4) is 78.7 Å². The van der Waals surface area contributed by atoms with Crippen molar-refractivity contribution in [2.24, 2.45) is 0 Å². The summed E-state index contributed by atoms with van der Waals surface area (Å²) in [6.45, 7) is 3.64. The third-order valence-electron chi connectivity index (χ3n) is 12.9. The second-order valence-corrected chi connectivity index (χ2v) is 21.2. The van der Waals surface area contributed by atoms with E-state index in [9.17, 15) is 25.9 Å². The summed E-state index contributed by atoms with van der Waals surface area (Å²) in [4.78, 5) is -0.355. The number of nitrogens with two attached hydrogens (primary N) is 2. The van der Waals surface area contributed by atoms with E-state index in [0.29, 0.717) is 0 Å². The van der Waals surface area contributed by atoms with Crippen molar-refractivity contribution in [3.63, 3.8) is 0 Å². The van der Waals surface area contributed by atoms with E-state index in [1.807, 2.05) is 38.1 Å². The molecular formula is C66H54N4O6S2. The highest BCUT2D eigenvalue weighted by Gasteiger charge is 2.27. The molecule has 0 spiro atoms. The van der Waals surface area contributed by atoms with E-state index in [2.05, 4.69) is 203 Å². The highest BCUT2D eigenvalue weighted by molar-refractivity contribution is 7.86. The lowest BCUT2D eigenvalue weighted by Gasteiger charge is -2.14. The molecule has 0 amide bonds. The molecule has 9 aromatic carbocycles. The lowest BCUT2D eigenvalue weighted by molar-refractivity contribution is -0.572. The molecule has 11 aromatic rings. The van der Waals surface area contributed by atoms with Gasteiger partial charge in [0.2, 0.25) is 34.2 Å². The second kappa shape index (κ2) is 23.7. The van der Waals surface area contributed by atoms with Crippen LogP contribution in [0.4, 0.5) is 11.4 Å². The molecule has 12 heteroatoms. The minimum absolute atomic E-state index is 0.178. The number of anilines is 2. The smallest absolute Gasteiger partial charge is 0.219 e. The van der Waals surface area contributed by atoms with Gasteiger partial charge in [0.1, 0.15) is 20.2 Å². The monoisotopic (exact) mass is 1060 g/mol. The number of benzene rings is 9. The normalized spacial score (nSPS) is 11.1. The van der Waals surface area contributed by atoms with Gasteiger partial charge in [0, 0.05) is 82.2 Å². The molecule has 0 saturated heterocycles. The summed E-state index contributed by atoms with van der Waals surface area (Å²) in [7, 11) is -8.54. The Morgan fingerprint density at radius 2 is 0.538 bits per heavy atom. The van der Waals surface area contributed by atoms with Crippen LogP contribution >= 0.6 is 0 Å². The first-order valence-corrected chi connectivity index (χ1v) is 27.7. The highest BCUT2D eigenvalue weighted by Crippen LogP contribution is 2.35. The number of nitrogen functional groups attached to an aromatic ring is 2. The molecule has 0 aliphatic rings. The zero-order chi connectivity index (χ0) is 54.8. The van der Waals surface area contributed by atoms with Gasteiger partial charge in [-0.15, -0.1) is 0 Å². The topological polar surface area (TPSA) is 174 Å². The number of aryl methyl sites for hydroxylation is 2. The van der Waals surface area contributed by atoms with E-state index < -0.39 is 20.2 Å². The molecule has 2 aromatic heterocycles. The number of aromatic nitrogens is 2. The van der Waals surface area contributed by atoms with Crippen LogP contribution in [0.1, 0.15) is 11.1 Å². The number of hydrogen-bond donors (Lipinski definition) is 2. The molecule has 386 valence electrons. The van der Waals surface area contributed by atoms with Gasteiger partial charge >= 0.3 is 0 Å². The van der Waals surface area contributed by atoms with E-state index in [4.69, 9.17) is 11.5 Å². The lowest BCUT2D eigenvalue weighted by Crippen LogP contribution is -2.36. The molecule has 0 aliphatic heterocycles. The van der Waals surface area contributed by atoms with Crippen LogP contribution in [-0.4, -0.2) is 25.9 Å². The number of rotatable bonds is 10. The van der Waals surface area contributed by atoms with Gasteiger partial charge in [-0.3, -0.25) is 0 Å². The SMILES string of the molecule is Cc1ccc(S(=O)(=O)[O-])cc1.Cc1ccc(S(=O)(=O)[O-])cc1.Nc1ccc(-[n+]2c(-c3ccccc3)cc(-c3ccc(-c4cc(-c5ccccc5)[n+](-c5ccc(N)cc5)c(-c5ccccc5)c4)cc3)cc2-c2ccccc2)cc1. The van der Waals surface area contributed by atoms with Gasteiger partial charge in [-0.25, -0.2) is 16.8 Å². The Labute approximate surface area is 456 Å². The van der Waals surface area contributed by atoms with E-state index in [-0.39, 0.29) is 9.79 Å². The fraction of sp³-hybridized carbons (Fsp3) is 0.0303. The van der Waals surface area contributed by atoms with Crippen molar-refractivity contribution in [3.05, 3.63) is 278 Å². The maximum absolute atomic E-state index is 10.4. The molecule has 0 saturated carbocycles. The Balaban J connectivity index is 0.000000278. The fourth-order valence-corrected chi connectivity index (χ4v) is 9.82. The Morgan fingerprint density at radius 1 is 0.295 bits per heavy atom. The van der Waals surface area contributed by atoms with Crippen LogP contribution in [0.15, 0.2) is 277 Å². The maximum atomic E-state index is 10.4. The molecule has 10 nitrogen and oxygen atoms in total. The molecular weight excluding hydrogens is 1010 g/mol. The minimum Gasteiger partial charge on any atom is -0.744 e. The van der Waals surface area contributed by atoms with E-state index in [1.165, 1.54) is 24.3 Å². The van der Waals surface area contributed by atoms with Crippen molar-refractivity contribution < 1.29 is 35.1 Å². The summed E-state index contributed by atoms with van der Waals surface area (Å²) in [5.41, 5.74) is 31.1. The average Bonchev–Trinajstić information content (AvgIpc) is 3.48. The molecule has 0 aliphatic carbocycles. The lowest BCUT2D eigenvalue weighted by atomic mass is 9.95. The third kappa shape index (κ3) is 13.0. The Bertz CT molecular complexity index is 3650. The van der Waals surface area contributed by atoms with Gasteiger partial charge in [-0.1, -0.05) is 132 Å². The Kier molecular flexibility index (Phi) is 16.3. The van der Waals surface area contributed by atoms with Crippen LogP contribution in [-0.2, 0) is 20.2 Å². The molecule has 0 radical (unpaired) electrons.